The van der Waals surface area contributed by atoms with Gasteiger partial charge in [-0.25, -0.2) is 35.2 Å². The van der Waals surface area contributed by atoms with Crippen molar-refractivity contribution in [2.24, 2.45) is 63.1 Å². The van der Waals surface area contributed by atoms with Crippen molar-refractivity contribution < 1.29 is 105 Å². The Labute approximate surface area is 733 Å². The number of rotatable bonds is 31. The van der Waals surface area contributed by atoms with Crippen LogP contribution in [0.25, 0.3) is 4.13 Å². The van der Waals surface area contributed by atoms with Gasteiger partial charge in [-0.3, -0.25) is 28.2 Å². The predicted molar refractivity (Wildman–Crippen MR) is 469 cm³/mol. The number of fused-ring (bicyclic) bond motifs is 1. The maximum absolute atomic E-state index is 12.8. The molecule has 7 fully saturated rings. The molecule has 23 nitrogen and oxygen atoms in total. The Balaban J connectivity index is 0.000000203. The third kappa shape index (κ3) is 30.0. The molecular weight excluding hydrogens is 1680 g/mol. The molecule has 13 rings (SSSR count). The van der Waals surface area contributed by atoms with Crippen molar-refractivity contribution in [1.29, 1.82) is 0 Å². The quantitative estimate of drug-likeness (QED) is 0.0139. The van der Waals surface area contributed by atoms with Crippen LogP contribution in [0.4, 0.5) is 13.6 Å². The maximum atomic E-state index is 12.8. The van der Waals surface area contributed by atoms with Gasteiger partial charge in [0.1, 0.15) is 43.4 Å². The summed E-state index contributed by atoms with van der Waals surface area (Å²) in [5, 5.41) is 1.76. The van der Waals surface area contributed by atoms with Crippen LogP contribution in [0, 0.1) is 63.1 Å². The van der Waals surface area contributed by atoms with Gasteiger partial charge in [-0.1, -0.05) is 151 Å². The molecule has 6 bridgehead atoms. The normalized spacial score (nSPS) is 21.4. The average Bonchev–Trinajstić information content (AvgIpc) is 1.67. The van der Waals surface area contributed by atoms with Crippen LogP contribution in [-0.4, -0.2) is 148 Å². The number of benzene rings is 6. The molecule has 6 saturated carbocycles. The van der Waals surface area contributed by atoms with E-state index in [2.05, 4.69) is 222 Å². The molecule has 6 aromatic rings. The van der Waals surface area contributed by atoms with E-state index < -0.39 is 119 Å². The molecule has 5 atom stereocenters. The summed E-state index contributed by atoms with van der Waals surface area (Å²) in [6.07, 6.45) is 8.94. The summed E-state index contributed by atoms with van der Waals surface area (Å²) in [6, 6.07) is 64.3. The molecule has 1 saturated heterocycles. The van der Waals surface area contributed by atoms with Crippen LogP contribution in [0.2, 0.25) is 0 Å². The van der Waals surface area contributed by atoms with Crippen molar-refractivity contribution in [1.82, 2.24) is 5.32 Å². The zero-order valence-electron chi connectivity index (χ0n) is 73.6. The van der Waals surface area contributed by atoms with E-state index in [1.165, 1.54) is 61.5 Å². The molecule has 5 unspecified atom stereocenters. The molecule has 1 N–H and O–H groups in total. The monoisotopic (exact) mass is 1800 g/mol. The second-order valence-electron chi connectivity index (χ2n) is 34.8. The summed E-state index contributed by atoms with van der Waals surface area (Å²) in [4.78, 5) is 90.1. The molecule has 1 amide bonds. The number of carbonyl (C=O) groups is 7. The number of alkyl halides is 2. The molecule has 7 aliphatic rings. The van der Waals surface area contributed by atoms with Crippen LogP contribution < -0.4 is 5.32 Å². The molecule has 123 heavy (non-hydrogen) atoms. The largest absolute Gasteiger partial charge is 0.463 e. The first-order valence-corrected chi connectivity index (χ1v) is 49.4. The van der Waals surface area contributed by atoms with E-state index in [0.717, 1.165) is 18.3 Å². The van der Waals surface area contributed by atoms with Crippen molar-refractivity contribution in [2.75, 3.05) is 51.6 Å². The van der Waals surface area contributed by atoms with E-state index in [9.17, 15) is 67.6 Å². The molecule has 0 aromatic heterocycles. The standard InChI is InChI=1S/C19H32O2.2C18H15S.C15H22O7S.C12H21F2NO4.C11H20NO8S2/c1-6-18(4,5)17(20)21-19(12(2)3)15-8-13-7-14(10-15)11-16(19)9-13;2*1-4-10-16(11-5-1)19(17-12-6-2-7-13-17)18-14-8-3-9-15-18;1-4-15(2,3)14(17)20-7-11(16)21-12-8-5-9-10(6-8)23(18,19)22-13(9)12;1-5-11(2,3)9(16)18-7-6-15-10(17)19-8-12(4,13)14;1-5-11(2,3)10(14)20-7-6-19-9(13)8-22(17,18)12-21(4,15)16/h12-16H,6-11H2,1-5H3;2*1-15H;8-10,12-13H,4-7H2,1-3H3;5-8H2,1-4H3,(H,15,17);5-8H2,1-4H3/q;2*+1;;;-1. The summed E-state index contributed by atoms with van der Waals surface area (Å²) < 4.78 is 135. The summed E-state index contributed by atoms with van der Waals surface area (Å²) in [5.74, 6) is -3.93. The lowest BCUT2D eigenvalue weighted by Crippen LogP contribution is -2.63. The average molecular weight is 1810 g/mol. The van der Waals surface area contributed by atoms with Gasteiger partial charge in [0.2, 0.25) is 0 Å². The maximum Gasteiger partial charge on any atom is 0.407 e. The van der Waals surface area contributed by atoms with Crippen molar-refractivity contribution in [3.8, 4) is 0 Å². The minimum atomic E-state index is -4.46. The first-order valence-electron chi connectivity index (χ1n) is 42.0. The second kappa shape index (κ2) is 45.3. The van der Waals surface area contributed by atoms with Gasteiger partial charge < -0.3 is 42.6 Å². The zero-order chi connectivity index (χ0) is 90.9. The van der Waals surface area contributed by atoms with Crippen LogP contribution in [0.3, 0.4) is 0 Å². The lowest BCUT2D eigenvalue weighted by Gasteiger charge is -2.62. The Morgan fingerprint density at radius 3 is 1.21 bits per heavy atom. The van der Waals surface area contributed by atoms with Gasteiger partial charge in [-0.15, -0.1) is 0 Å². The van der Waals surface area contributed by atoms with Crippen molar-refractivity contribution in [3.05, 3.63) is 186 Å². The van der Waals surface area contributed by atoms with Gasteiger partial charge in [0.25, 0.3) is 16.0 Å². The Morgan fingerprint density at radius 2 is 0.854 bits per heavy atom. The highest BCUT2D eigenvalue weighted by atomic mass is 32.3. The summed E-state index contributed by atoms with van der Waals surface area (Å²) in [5.41, 5.74) is -2.41. The van der Waals surface area contributed by atoms with Crippen LogP contribution in [0.15, 0.2) is 211 Å². The van der Waals surface area contributed by atoms with E-state index in [1.54, 1.807) is 41.5 Å². The first-order chi connectivity index (χ1) is 57.7. The second-order valence-corrected chi connectivity index (χ2v) is 44.1. The van der Waals surface area contributed by atoms with E-state index >= 15 is 0 Å². The Hall–Kier alpha value is -8.26. The van der Waals surface area contributed by atoms with E-state index in [-0.39, 0.29) is 82.9 Å². The molecule has 1 heterocycles. The SMILES string of the molecule is CCC(C)(C)C(=O)OC1(C(C)C)C2CC3CC(C2)CC1C3.CCC(C)(C)C(=O)OCC(=O)OC1C2CC3C1OS(=O)(=O)C3C2.CCC(C)(C)C(=O)OCCNC(=O)OCC(C)(F)F.CCC(C)(C)C(=O)OCCOC(=O)CS(=O)(=O)[N-]S(C)(=O)=O.c1ccc([S+](c2ccccc2)c2ccccc2)cc1.c1ccc([S+](c2ccccc2)c2ccccc2)cc1. The Kier molecular flexibility index (Phi) is 37.5. The molecule has 30 heteroatoms. The minimum Gasteiger partial charge on any atom is -0.463 e. The number of sulfonamides is 2. The molecule has 1 aliphatic heterocycles. The molecule has 6 aliphatic carbocycles. The number of nitrogens with zero attached hydrogens (tertiary/aromatic N) is 1. The zero-order valence-corrected chi connectivity index (χ0v) is 77.7. The first kappa shape index (κ1) is 102. The van der Waals surface area contributed by atoms with Gasteiger partial charge in [-0.05, 0) is 228 Å². The smallest absolute Gasteiger partial charge is 0.407 e. The van der Waals surface area contributed by atoms with Crippen LogP contribution in [0.5, 0.6) is 0 Å². The lowest BCUT2D eigenvalue weighted by atomic mass is 9.47. The number of amides is 1. The highest BCUT2D eigenvalue weighted by Crippen LogP contribution is 2.62. The number of esters is 6. The topological polar surface area (TPSA) is 322 Å². The lowest BCUT2D eigenvalue weighted by molar-refractivity contribution is -0.231. The Bertz CT molecular complexity index is 4420. The summed E-state index contributed by atoms with van der Waals surface area (Å²) in [6.45, 7) is 25.2. The number of hydrogen-bond acceptors (Lipinski definition) is 21. The van der Waals surface area contributed by atoms with Crippen molar-refractivity contribution in [2.45, 2.75) is 233 Å². The fraction of sp³-hybridized carbons (Fsp3) is 0.538. The predicted octanol–water partition coefficient (Wildman–Crippen LogP) is 17.9. The van der Waals surface area contributed by atoms with Crippen molar-refractivity contribution in [3.63, 3.8) is 0 Å². The highest BCUT2D eigenvalue weighted by molar-refractivity contribution is 8.12. The minimum absolute atomic E-state index is 0.0130. The summed E-state index contributed by atoms with van der Waals surface area (Å²) >= 11 is 0. The highest BCUT2D eigenvalue weighted by Gasteiger charge is 2.66. The molecule has 0 radical (unpaired) electrons. The number of ether oxygens (including phenoxy) is 7. The Morgan fingerprint density at radius 1 is 0.496 bits per heavy atom. The number of halogens is 2. The number of nitrogens with one attached hydrogen (secondary N) is 1. The van der Waals surface area contributed by atoms with Crippen LogP contribution in [0.1, 0.15) is 174 Å². The third-order valence-electron chi connectivity index (χ3n) is 23.4. The number of alkyl carbamates (subject to hydrolysis) is 1. The van der Waals surface area contributed by atoms with E-state index in [0.29, 0.717) is 63.0 Å². The molecule has 676 valence electrons. The number of hydrogen-bond donors (Lipinski definition) is 1. The van der Waals surface area contributed by atoms with E-state index in [4.69, 9.17) is 27.9 Å². The number of carbonyl (C=O) groups excluding carboxylic acids is 7. The van der Waals surface area contributed by atoms with Gasteiger partial charge >= 0.3 is 41.9 Å². The summed E-state index contributed by atoms with van der Waals surface area (Å²) in [7, 11) is -12.1. The van der Waals surface area contributed by atoms with E-state index in [1.807, 2.05) is 34.6 Å². The fourth-order valence-corrected chi connectivity index (χ4v) is 23.7. The molecular formula is C93H125F2N2O21S5+. The fourth-order valence-electron chi connectivity index (χ4n) is 15.4. The van der Waals surface area contributed by atoms with Crippen molar-refractivity contribution >= 4 is 93.9 Å². The third-order valence-corrected chi connectivity index (χ3v) is 32.2. The molecule has 6 aromatic carbocycles. The molecule has 0 spiro atoms. The van der Waals surface area contributed by atoms with Gasteiger partial charge in [0, 0.05) is 25.0 Å². The van der Waals surface area contributed by atoms with Gasteiger partial charge in [0.05, 0.1) is 75.3 Å². The van der Waals surface area contributed by atoms with Crippen LogP contribution in [-0.2, 0) is 118 Å². The van der Waals surface area contributed by atoms with Gasteiger partial charge in [0.15, 0.2) is 42.6 Å². The van der Waals surface area contributed by atoms with Crippen LogP contribution >= 0.6 is 0 Å². The van der Waals surface area contributed by atoms with Gasteiger partial charge in [-0.2, -0.15) is 8.42 Å².